The summed E-state index contributed by atoms with van der Waals surface area (Å²) in [7, 11) is 0. The number of carbonyl (C=O) groups is 2. The molecule has 29 heavy (non-hydrogen) atoms. The summed E-state index contributed by atoms with van der Waals surface area (Å²) in [5.41, 5.74) is 1.98. The number of halogens is 2. The molecule has 3 aromatic carbocycles. The van der Waals surface area contributed by atoms with Gasteiger partial charge in [0.2, 0.25) is 0 Å². The summed E-state index contributed by atoms with van der Waals surface area (Å²) in [5, 5.41) is 5.47. The first kappa shape index (κ1) is 20.2. The molecule has 0 heterocycles. The Labute approximate surface area is 167 Å². The van der Waals surface area contributed by atoms with E-state index in [1.807, 2.05) is 0 Å². The number of rotatable bonds is 7. The number of hydrogen-bond acceptors (Lipinski definition) is 2. The molecule has 0 radical (unpaired) electrons. The Hall–Kier alpha value is -3.54. The van der Waals surface area contributed by atoms with Crippen LogP contribution in [0.1, 0.15) is 31.8 Å². The topological polar surface area (TPSA) is 58.2 Å². The largest absolute Gasteiger partial charge is 0.352 e. The first-order valence-corrected chi connectivity index (χ1v) is 9.17. The van der Waals surface area contributed by atoms with Gasteiger partial charge in [0, 0.05) is 24.2 Å². The van der Waals surface area contributed by atoms with Crippen LogP contribution in [-0.2, 0) is 13.0 Å². The van der Waals surface area contributed by atoms with Crippen LogP contribution in [-0.4, -0.2) is 18.4 Å². The maximum atomic E-state index is 13.6. The summed E-state index contributed by atoms with van der Waals surface area (Å²) in [5.74, 6) is -1.32. The van der Waals surface area contributed by atoms with Crippen molar-refractivity contribution in [3.63, 3.8) is 0 Å². The van der Waals surface area contributed by atoms with Gasteiger partial charge in [-0.05, 0) is 53.9 Å². The SMILES string of the molecule is O=C(NCCc1ccccc1F)c1cccc(C(=O)NCc2ccc(F)cc2)c1. The minimum Gasteiger partial charge on any atom is -0.352 e. The highest BCUT2D eigenvalue weighted by molar-refractivity contribution is 5.99. The second-order valence-electron chi connectivity index (χ2n) is 6.49. The minimum absolute atomic E-state index is 0.248. The number of nitrogens with one attached hydrogen (secondary N) is 2. The normalized spacial score (nSPS) is 10.4. The van der Waals surface area contributed by atoms with Crippen molar-refractivity contribution >= 4 is 11.8 Å². The van der Waals surface area contributed by atoms with Crippen molar-refractivity contribution in [1.29, 1.82) is 0 Å². The first-order valence-electron chi connectivity index (χ1n) is 9.17. The Morgan fingerprint density at radius 2 is 1.41 bits per heavy atom. The van der Waals surface area contributed by atoms with Gasteiger partial charge in [-0.15, -0.1) is 0 Å². The lowest BCUT2D eigenvalue weighted by Gasteiger charge is -2.09. The first-order chi connectivity index (χ1) is 14.0. The average Bonchev–Trinajstić information content (AvgIpc) is 2.74. The Morgan fingerprint density at radius 1 is 0.759 bits per heavy atom. The van der Waals surface area contributed by atoms with Crippen LogP contribution >= 0.6 is 0 Å². The highest BCUT2D eigenvalue weighted by Crippen LogP contribution is 2.09. The molecule has 0 fully saturated rings. The number of carbonyl (C=O) groups excluding carboxylic acids is 2. The molecule has 148 valence electrons. The molecule has 0 bridgehead atoms. The predicted octanol–water partition coefficient (Wildman–Crippen LogP) is 3.87. The van der Waals surface area contributed by atoms with Gasteiger partial charge in [-0.1, -0.05) is 36.4 Å². The molecule has 0 aliphatic carbocycles. The fourth-order valence-corrected chi connectivity index (χ4v) is 2.80. The van der Waals surface area contributed by atoms with Crippen LogP contribution in [0.25, 0.3) is 0 Å². The molecule has 4 nitrogen and oxygen atoms in total. The minimum atomic E-state index is -0.339. The third-order valence-electron chi connectivity index (χ3n) is 4.39. The summed E-state index contributed by atoms with van der Waals surface area (Å²) >= 11 is 0. The lowest BCUT2D eigenvalue weighted by Crippen LogP contribution is -2.27. The molecule has 0 atom stereocenters. The fraction of sp³-hybridized carbons (Fsp3) is 0.130. The maximum Gasteiger partial charge on any atom is 0.251 e. The van der Waals surface area contributed by atoms with Crippen molar-refractivity contribution in [2.75, 3.05) is 6.54 Å². The van der Waals surface area contributed by atoms with E-state index in [0.29, 0.717) is 23.1 Å². The molecule has 0 spiro atoms. The van der Waals surface area contributed by atoms with E-state index >= 15 is 0 Å². The second-order valence-corrected chi connectivity index (χ2v) is 6.49. The van der Waals surface area contributed by atoms with Crippen LogP contribution in [0.3, 0.4) is 0 Å². The van der Waals surface area contributed by atoms with Gasteiger partial charge >= 0.3 is 0 Å². The van der Waals surface area contributed by atoms with Crippen molar-refractivity contribution in [2.24, 2.45) is 0 Å². The van der Waals surface area contributed by atoms with Crippen molar-refractivity contribution in [1.82, 2.24) is 10.6 Å². The third-order valence-corrected chi connectivity index (χ3v) is 4.39. The zero-order valence-electron chi connectivity index (χ0n) is 15.6. The van der Waals surface area contributed by atoms with Gasteiger partial charge in [0.05, 0.1) is 0 Å². The average molecular weight is 394 g/mol. The zero-order chi connectivity index (χ0) is 20.6. The molecule has 2 amide bonds. The molecule has 3 rings (SSSR count). The highest BCUT2D eigenvalue weighted by atomic mass is 19.1. The molecule has 2 N–H and O–H groups in total. The molecule has 0 aliphatic rings. The molecule has 0 aliphatic heterocycles. The molecule has 0 aromatic heterocycles. The van der Waals surface area contributed by atoms with Crippen LogP contribution in [0, 0.1) is 11.6 Å². The molecule has 0 saturated carbocycles. The van der Waals surface area contributed by atoms with Crippen LogP contribution in [0.2, 0.25) is 0 Å². The highest BCUT2D eigenvalue weighted by Gasteiger charge is 2.11. The smallest absolute Gasteiger partial charge is 0.251 e. The molecular weight excluding hydrogens is 374 g/mol. The predicted molar refractivity (Wildman–Crippen MR) is 106 cm³/mol. The Kier molecular flexibility index (Phi) is 6.68. The Balaban J connectivity index is 1.55. The number of benzene rings is 3. The standard InChI is InChI=1S/C23H20F2N2O2/c24-20-10-8-16(9-11-20)15-27-23(29)19-6-3-5-18(14-19)22(28)26-13-12-17-4-1-2-7-21(17)25/h1-11,14H,12-13,15H2,(H,26,28)(H,27,29). The van der Waals surface area contributed by atoms with Gasteiger partial charge in [-0.3, -0.25) is 9.59 Å². The van der Waals surface area contributed by atoms with E-state index < -0.39 is 0 Å². The van der Waals surface area contributed by atoms with E-state index in [4.69, 9.17) is 0 Å². The number of amides is 2. The van der Waals surface area contributed by atoms with E-state index in [9.17, 15) is 18.4 Å². The molecular formula is C23H20F2N2O2. The summed E-state index contributed by atoms with van der Waals surface area (Å²) < 4.78 is 26.5. The zero-order valence-corrected chi connectivity index (χ0v) is 15.6. The molecule has 6 heteroatoms. The van der Waals surface area contributed by atoms with Crippen LogP contribution in [0.15, 0.2) is 72.8 Å². The van der Waals surface area contributed by atoms with Crippen LogP contribution in [0.5, 0.6) is 0 Å². The van der Waals surface area contributed by atoms with Crippen LogP contribution < -0.4 is 10.6 Å². The Morgan fingerprint density at radius 3 is 2.10 bits per heavy atom. The van der Waals surface area contributed by atoms with E-state index in [-0.39, 0.29) is 36.5 Å². The lowest BCUT2D eigenvalue weighted by molar-refractivity contribution is 0.0950. The van der Waals surface area contributed by atoms with E-state index in [2.05, 4.69) is 10.6 Å². The monoisotopic (exact) mass is 394 g/mol. The molecule has 0 saturated heterocycles. The maximum absolute atomic E-state index is 13.6. The molecule has 0 unspecified atom stereocenters. The summed E-state index contributed by atoms with van der Waals surface area (Å²) in [6, 6.07) is 18.6. The van der Waals surface area contributed by atoms with Crippen molar-refractivity contribution < 1.29 is 18.4 Å². The Bertz CT molecular complexity index is 1000. The van der Waals surface area contributed by atoms with Crippen molar-refractivity contribution in [2.45, 2.75) is 13.0 Å². The van der Waals surface area contributed by atoms with E-state index in [1.54, 1.807) is 48.5 Å². The lowest BCUT2D eigenvalue weighted by atomic mass is 10.1. The third kappa shape index (κ3) is 5.72. The van der Waals surface area contributed by atoms with E-state index in [0.717, 1.165) is 5.56 Å². The van der Waals surface area contributed by atoms with Gasteiger partial charge in [0.25, 0.3) is 11.8 Å². The van der Waals surface area contributed by atoms with E-state index in [1.165, 1.54) is 24.3 Å². The summed E-state index contributed by atoms with van der Waals surface area (Å²) in [6.45, 7) is 0.527. The van der Waals surface area contributed by atoms with Gasteiger partial charge < -0.3 is 10.6 Å². The van der Waals surface area contributed by atoms with Gasteiger partial charge in [0.1, 0.15) is 11.6 Å². The molecule has 3 aromatic rings. The van der Waals surface area contributed by atoms with Gasteiger partial charge in [0.15, 0.2) is 0 Å². The van der Waals surface area contributed by atoms with Crippen molar-refractivity contribution in [3.8, 4) is 0 Å². The second kappa shape index (κ2) is 9.59. The fourth-order valence-electron chi connectivity index (χ4n) is 2.80. The van der Waals surface area contributed by atoms with Gasteiger partial charge in [-0.25, -0.2) is 8.78 Å². The number of hydrogen-bond donors (Lipinski definition) is 2. The van der Waals surface area contributed by atoms with Crippen molar-refractivity contribution in [3.05, 3.63) is 107 Å². The summed E-state index contributed by atoms with van der Waals surface area (Å²) in [6.07, 6.45) is 0.371. The van der Waals surface area contributed by atoms with Gasteiger partial charge in [-0.2, -0.15) is 0 Å². The summed E-state index contributed by atoms with van der Waals surface area (Å²) in [4.78, 5) is 24.7. The van der Waals surface area contributed by atoms with Crippen LogP contribution in [0.4, 0.5) is 8.78 Å². The quantitative estimate of drug-likeness (QED) is 0.639.